The first kappa shape index (κ1) is 14.8. The Morgan fingerprint density at radius 2 is 2.30 bits per heavy atom. The number of urea groups is 1. The Balaban J connectivity index is 1.69. The monoisotopic (exact) mass is 280 g/mol. The molecule has 2 rings (SSSR count). The van der Waals surface area contributed by atoms with Crippen LogP contribution in [0.3, 0.4) is 0 Å². The summed E-state index contributed by atoms with van der Waals surface area (Å²) >= 11 is 0. The highest BCUT2D eigenvalue weighted by Crippen LogP contribution is 2.23. The van der Waals surface area contributed by atoms with Gasteiger partial charge in [-0.1, -0.05) is 12.8 Å². The Morgan fingerprint density at radius 3 is 3.00 bits per heavy atom. The van der Waals surface area contributed by atoms with E-state index in [1.165, 1.54) is 0 Å². The third-order valence-electron chi connectivity index (χ3n) is 3.92. The normalized spacial score (nSPS) is 22.5. The molecule has 0 saturated heterocycles. The van der Waals surface area contributed by atoms with Gasteiger partial charge in [0.1, 0.15) is 0 Å². The van der Waals surface area contributed by atoms with Crippen molar-refractivity contribution in [3.8, 4) is 0 Å². The number of aliphatic hydroxyl groups is 1. The molecule has 1 aromatic rings. The first-order valence-electron chi connectivity index (χ1n) is 7.32. The Hall–Kier alpha value is -1.56. The minimum atomic E-state index is -0.140. The molecule has 1 aliphatic rings. The van der Waals surface area contributed by atoms with Crippen LogP contribution >= 0.6 is 0 Å². The molecule has 2 atom stereocenters. The van der Waals surface area contributed by atoms with Crippen molar-refractivity contribution in [1.82, 2.24) is 20.4 Å². The topological polar surface area (TPSA) is 79.2 Å². The van der Waals surface area contributed by atoms with Gasteiger partial charge in [0.15, 0.2) is 0 Å². The van der Waals surface area contributed by atoms with Crippen LogP contribution in [0.15, 0.2) is 12.4 Å². The SMILES string of the molecule is Cn1cc(CCNC(=O)NC2CCCCC2CO)cn1. The molecular formula is C14H24N4O2. The summed E-state index contributed by atoms with van der Waals surface area (Å²) in [6.45, 7) is 0.745. The fourth-order valence-electron chi connectivity index (χ4n) is 2.76. The van der Waals surface area contributed by atoms with E-state index in [0.29, 0.717) is 6.54 Å². The number of nitrogens with one attached hydrogen (secondary N) is 2. The van der Waals surface area contributed by atoms with E-state index in [2.05, 4.69) is 15.7 Å². The van der Waals surface area contributed by atoms with Crippen LogP contribution in [-0.4, -0.2) is 40.1 Å². The maximum atomic E-state index is 11.8. The molecule has 0 bridgehead atoms. The van der Waals surface area contributed by atoms with Crippen LogP contribution in [0, 0.1) is 5.92 Å². The van der Waals surface area contributed by atoms with Crippen molar-refractivity contribution in [3.63, 3.8) is 0 Å². The maximum Gasteiger partial charge on any atom is 0.315 e. The summed E-state index contributed by atoms with van der Waals surface area (Å²) in [4.78, 5) is 11.8. The largest absolute Gasteiger partial charge is 0.396 e. The molecule has 6 nitrogen and oxygen atoms in total. The smallest absolute Gasteiger partial charge is 0.315 e. The van der Waals surface area contributed by atoms with Gasteiger partial charge in [-0.25, -0.2) is 4.79 Å². The molecule has 3 N–H and O–H groups in total. The number of nitrogens with zero attached hydrogens (tertiary/aromatic N) is 2. The molecule has 2 amide bonds. The summed E-state index contributed by atoms with van der Waals surface area (Å²) < 4.78 is 1.75. The molecule has 1 saturated carbocycles. The van der Waals surface area contributed by atoms with Gasteiger partial charge < -0.3 is 15.7 Å². The molecule has 6 heteroatoms. The van der Waals surface area contributed by atoms with Crippen molar-refractivity contribution >= 4 is 6.03 Å². The highest BCUT2D eigenvalue weighted by atomic mass is 16.3. The van der Waals surface area contributed by atoms with Gasteiger partial charge in [0, 0.05) is 38.4 Å². The molecule has 0 aromatic carbocycles. The summed E-state index contributed by atoms with van der Waals surface area (Å²) in [6, 6.07) is -0.0358. The molecular weight excluding hydrogens is 256 g/mol. The summed E-state index contributed by atoms with van der Waals surface area (Å²) in [5.41, 5.74) is 1.11. The van der Waals surface area contributed by atoms with Crippen molar-refractivity contribution in [2.45, 2.75) is 38.1 Å². The first-order valence-corrected chi connectivity index (χ1v) is 7.32. The second-order valence-electron chi connectivity index (χ2n) is 5.51. The van der Waals surface area contributed by atoms with Crippen LogP contribution in [-0.2, 0) is 13.5 Å². The summed E-state index contributed by atoms with van der Waals surface area (Å²) in [6.07, 6.45) is 8.75. The molecule has 1 heterocycles. The number of aromatic nitrogens is 2. The van der Waals surface area contributed by atoms with Crippen molar-refractivity contribution in [1.29, 1.82) is 0 Å². The van der Waals surface area contributed by atoms with Crippen LogP contribution in [0.2, 0.25) is 0 Å². The average molecular weight is 280 g/mol. The molecule has 112 valence electrons. The van der Waals surface area contributed by atoms with E-state index >= 15 is 0 Å². The zero-order valence-corrected chi connectivity index (χ0v) is 12.0. The standard InChI is InChI=1S/C14H24N4O2/c1-18-9-11(8-16-18)6-7-15-14(20)17-13-5-3-2-4-12(13)10-19/h8-9,12-13,19H,2-7,10H2,1H3,(H2,15,17,20). The minimum Gasteiger partial charge on any atom is -0.396 e. The van der Waals surface area contributed by atoms with E-state index in [9.17, 15) is 9.90 Å². The quantitative estimate of drug-likeness (QED) is 0.747. The zero-order valence-electron chi connectivity index (χ0n) is 12.0. The van der Waals surface area contributed by atoms with Gasteiger partial charge in [0.2, 0.25) is 0 Å². The third kappa shape index (κ3) is 4.23. The van der Waals surface area contributed by atoms with E-state index in [1.54, 1.807) is 4.68 Å². The Bertz CT molecular complexity index is 433. The van der Waals surface area contributed by atoms with E-state index in [0.717, 1.165) is 37.7 Å². The molecule has 0 radical (unpaired) electrons. The second-order valence-corrected chi connectivity index (χ2v) is 5.51. The molecule has 20 heavy (non-hydrogen) atoms. The number of carbonyl (C=O) groups excluding carboxylic acids is 1. The molecule has 1 aliphatic carbocycles. The van der Waals surface area contributed by atoms with Crippen molar-refractivity contribution in [2.75, 3.05) is 13.2 Å². The van der Waals surface area contributed by atoms with Crippen molar-refractivity contribution in [2.24, 2.45) is 13.0 Å². The van der Waals surface area contributed by atoms with Gasteiger partial charge in [-0.15, -0.1) is 0 Å². The number of hydrogen-bond donors (Lipinski definition) is 3. The molecule has 1 fully saturated rings. The molecule has 0 spiro atoms. The lowest BCUT2D eigenvalue weighted by atomic mass is 9.85. The highest BCUT2D eigenvalue weighted by molar-refractivity contribution is 5.74. The summed E-state index contributed by atoms with van der Waals surface area (Å²) in [5, 5.41) is 19.3. The van der Waals surface area contributed by atoms with Crippen molar-refractivity contribution < 1.29 is 9.90 Å². The highest BCUT2D eigenvalue weighted by Gasteiger charge is 2.25. The first-order chi connectivity index (χ1) is 9.69. The van der Waals surface area contributed by atoms with E-state index in [-0.39, 0.29) is 24.6 Å². The van der Waals surface area contributed by atoms with Gasteiger partial charge >= 0.3 is 6.03 Å². The molecule has 1 aromatic heterocycles. The minimum absolute atomic E-state index is 0.104. The van der Waals surface area contributed by atoms with Crippen LogP contribution in [0.5, 0.6) is 0 Å². The number of hydrogen-bond acceptors (Lipinski definition) is 3. The second kappa shape index (κ2) is 7.28. The Labute approximate surface area is 119 Å². The Morgan fingerprint density at radius 1 is 1.50 bits per heavy atom. The molecule has 0 aliphatic heterocycles. The third-order valence-corrected chi connectivity index (χ3v) is 3.92. The Kier molecular flexibility index (Phi) is 5.40. The van der Waals surface area contributed by atoms with E-state index in [1.807, 2.05) is 19.4 Å². The lowest BCUT2D eigenvalue weighted by molar-refractivity contribution is 0.154. The predicted octanol–water partition coefficient (Wildman–Crippen LogP) is 0.813. The summed E-state index contributed by atoms with van der Waals surface area (Å²) in [7, 11) is 1.88. The van der Waals surface area contributed by atoms with Gasteiger partial charge in [0.05, 0.1) is 6.20 Å². The number of carbonyl (C=O) groups is 1. The summed E-state index contributed by atoms with van der Waals surface area (Å²) in [5.74, 6) is 0.202. The van der Waals surface area contributed by atoms with Crippen LogP contribution in [0.4, 0.5) is 4.79 Å². The van der Waals surface area contributed by atoms with Gasteiger partial charge in [-0.3, -0.25) is 4.68 Å². The fraction of sp³-hybridized carbons (Fsp3) is 0.714. The van der Waals surface area contributed by atoms with E-state index in [4.69, 9.17) is 0 Å². The number of aryl methyl sites for hydroxylation is 1. The molecule has 2 unspecified atom stereocenters. The maximum absolute atomic E-state index is 11.8. The van der Waals surface area contributed by atoms with Crippen LogP contribution < -0.4 is 10.6 Å². The number of aliphatic hydroxyl groups excluding tert-OH is 1. The average Bonchev–Trinajstić information content (AvgIpc) is 2.85. The van der Waals surface area contributed by atoms with Gasteiger partial charge in [0.25, 0.3) is 0 Å². The van der Waals surface area contributed by atoms with Gasteiger partial charge in [-0.2, -0.15) is 5.10 Å². The zero-order chi connectivity index (χ0) is 14.4. The van der Waals surface area contributed by atoms with Crippen LogP contribution in [0.1, 0.15) is 31.2 Å². The fourth-order valence-corrected chi connectivity index (χ4v) is 2.76. The lowest BCUT2D eigenvalue weighted by Crippen LogP contribution is -2.48. The van der Waals surface area contributed by atoms with Gasteiger partial charge in [-0.05, 0) is 24.8 Å². The number of rotatable bonds is 5. The number of amides is 2. The van der Waals surface area contributed by atoms with Crippen LogP contribution in [0.25, 0.3) is 0 Å². The predicted molar refractivity (Wildman–Crippen MR) is 76.3 cm³/mol. The van der Waals surface area contributed by atoms with E-state index < -0.39 is 0 Å². The lowest BCUT2D eigenvalue weighted by Gasteiger charge is -2.30. The van der Waals surface area contributed by atoms with Crippen molar-refractivity contribution in [3.05, 3.63) is 18.0 Å².